The zero-order valence-electron chi connectivity index (χ0n) is 9.03. The highest BCUT2D eigenvalue weighted by Gasteiger charge is 2.02. The molecule has 0 saturated heterocycles. The molecule has 0 unspecified atom stereocenters. The van der Waals surface area contributed by atoms with E-state index < -0.39 is 0 Å². The Bertz CT molecular complexity index is 285. The molecule has 0 aromatic heterocycles. The van der Waals surface area contributed by atoms with Crippen molar-refractivity contribution in [2.75, 3.05) is 19.8 Å². The minimum Gasteiger partial charge on any atom is -0.380 e. The molecule has 0 aliphatic heterocycles. The van der Waals surface area contributed by atoms with E-state index in [-0.39, 0.29) is 5.91 Å². The molecular formula is C12H17NO2. The van der Waals surface area contributed by atoms with Gasteiger partial charge in [0.1, 0.15) is 0 Å². The van der Waals surface area contributed by atoms with Crippen LogP contribution in [0.15, 0.2) is 30.3 Å². The number of amides is 1. The molecule has 0 aliphatic rings. The fourth-order valence-electron chi connectivity index (χ4n) is 1.17. The van der Waals surface area contributed by atoms with Gasteiger partial charge in [-0.1, -0.05) is 25.1 Å². The predicted molar refractivity (Wildman–Crippen MR) is 59.9 cm³/mol. The maximum absolute atomic E-state index is 11.5. The quantitative estimate of drug-likeness (QED) is 0.723. The first-order chi connectivity index (χ1) is 7.34. The Morgan fingerprint density at radius 3 is 2.67 bits per heavy atom. The Morgan fingerprint density at radius 2 is 2.00 bits per heavy atom. The highest BCUT2D eigenvalue weighted by atomic mass is 16.5. The zero-order valence-corrected chi connectivity index (χ0v) is 9.03. The molecule has 0 atom stereocenters. The summed E-state index contributed by atoms with van der Waals surface area (Å²) >= 11 is 0. The van der Waals surface area contributed by atoms with Crippen molar-refractivity contribution in [2.45, 2.75) is 13.3 Å². The zero-order chi connectivity index (χ0) is 10.9. The van der Waals surface area contributed by atoms with Gasteiger partial charge in [-0.2, -0.15) is 0 Å². The van der Waals surface area contributed by atoms with Gasteiger partial charge in [-0.25, -0.2) is 0 Å². The molecule has 15 heavy (non-hydrogen) atoms. The monoisotopic (exact) mass is 207 g/mol. The standard InChI is InChI=1S/C12H17NO2/c1-2-9-15-10-8-13-12(14)11-6-4-3-5-7-11/h3-7H,2,8-10H2,1H3,(H,13,14). The fourth-order valence-corrected chi connectivity index (χ4v) is 1.17. The molecule has 0 saturated carbocycles. The Labute approximate surface area is 90.4 Å². The number of ether oxygens (including phenoxy) is 1. The first kappa shape index (κ1) is 11.7. The molecule has 3 heteroatoms. The molecule has 3 nitrogen and oxygen atoms in total. The smallest absolute Gasteiger partial charge is 0.251 e. The molecule has 0 aliphatic carbocycles. The van der Waals surface area contributed by atoms with Crippen LogP contribution < -0.4 is 5.32 Å². The third-order valence-electron chi connectivity index (χ3n) is 1.92. The van der Waals surface area contributed by atoms with Gasteiger partial charge < -0.3 is 10.1 Å². The summed E-state index contributed by atoms with van der Waals surface area (Å²) in [5.41, 5.74) is 0.688. The lowest BCUT2D eigenvalue weighted by Crippen LogP contribution is -2.27. The molecule has 1 aromatic carbocycles. The van der Waals surface area contributed by atoms with Crippen LogP contribution in [0.5, 0.6) is 0 Å². The first-order valence-electron chi connectivity index (χ1n) is 5.25. The lowest BCUT2D eigenvalue weighted by atomic mass is 10.2. The van der Waals surface area contributed by atoms with Crippen LogP contribution in [0.1, 0.15) is 23.7 Å². The average Bonchev–Trinajstić information content (AvgIpc) is 2.30. The first-order valence-corrected chi connectivity index (χ1v) is 5.25. The lowest BCUT2D eigenvalue weighted by Gasteiger charge is -2.05. The van der Waals surface area contributed by atoms with Gasteiger partial charge in [0.05, 0.1) is 6.61 Å². The fraction of sp³-hybridized carbons (Fsp3) is 0.417. The van der Waals surface area contributed by atoms with Gasteiger partial charge in [-0.15, -0.1) is 0 Å². The molecular weight excluding hydrogens is 190 g/mol. The summed E-state index contributed by atoms with van der Waals surface area (Å²) in [5, 5.41) is 2.79. The van der Waals surface area contributed by atoms with Crippen molar-refractivity contribution in [1.29, 1.82) is 0 Å². The van der Waals surface area contributed by atoms with Crippen LogP contribution in [-0.2, 0) is 4.74 Å². The molecule has 1 aromatic rings. The van der Waals surface area contributed by atoms with Crippen LogP contribution in [0, 0.1) is 0 Å². The molecule has 0 fully saturated rings. The van der Waals surface area contributed by atoms with E-state index in [0.29, 0.717) is 18.7 Å². The molecule has 0 heterocycles. The van der Waals surface area contributed by atoms with Gasteiger partial charge in [0, 0.05) is 18.7 Å². The number of hydrogen-bond acceptors (Lipinski definition) is 2. The molecule has 0 bridgehead atoms. The maximum Gasteiger partial charge on any atom is 0.251 e. The van der Waals surface area contributed by atoms with Crippen molar-refractivity contribution in [3.05, 3.63) is 35.9 Å². The van der Waals surface area contributed by atoms with Crippen LogP contribution >= 0.6 is 0 Å². The molecule has 82 valence electrons. The molecule has 1 N–H and O–H groups in total. The van der Waals surface area contributed by atoms with Crippen molar-refractivity contribution < 1.29 is 9.53 Å². The minimum atomic E-state index is -0.0456. The van der Waals surface area contributed by atoms with Gasteiger partial charge in [0.15, 0.2) is 0 Å². The van der Waals surface area contributed by atoms with Crippen LogP contribution in [0.3, 0.4) is 0 Å². The van der Waals surface area contributed by atoms with Crippen molar-refractivity contribution in [2.24, 2.45) is 0 Å². The second kappa shape index (κ2) is 7.01. The highest BCUT2D eigenvalue weighted by Crippen LogP contribution is 1.97. The number of benzene rings is 1. The maximum atomic E-state index is 11.5. The predicted octanol–water partition coefficient (Wildman–Crippen LogP) is 1.84. The summed E-state index contributed by atoms with van der Waals surface area (Å²) in [4.78, 5) is 11.5. The third kappa shape index (κ3) is 4.61. The van der Waals surface area contributed by atoms with Crippen LogP contribution in [0.4, 0.5) is 0 Å². The highest BCUT2D eigenvalue weighted by molar-refractivity contribution is 5.94. The topological polar surface area (TPSA) is 38.3 Å². The van der Waals surface area contributed by atoms with Gasteiger partial charge in [-0.05, 0) is 18.6 Å². The summed E-state index contributed by atoms with van der Waals surface area (Å²) in [5.74, 6) is -0.0456. The Morgan fingerprint density at radius 1 is 1.27 bits per heavy atom. The number of carbonyl (C=O) groups excluding carboxylic acids is 1. The van der Waals surface area contributed by atoms with E-state index >= 15 is 0 Å². The van der Waals surface area contributed by atoms with E-state index in [4.69, 9.17) is 4.74 Å². The largest absolute Gasteiger partial charge is 0.380 e. The molecule has 1 amide bonds. The van der Waals surface area contributed by atoms with Gasteiger partial charge >= 0.3 is 0 Å². The Hall–Kier alpha value is -1.35. The van der Waals surface area contributed by atoms with E-state index in [1.165, 1.54) is 0 Å². The van der Waals surface area contributed by atoms with E-state index in [1.54, 1.807) is 12.1 Å². The van der Waals surface area contributed by atoms with E-state index in [0.717, 1.165) is 13.0 Å². The summed E-state index contributed by atoms with van der Waals surface area (Å²) in [7, 11) is 0. The van der Waals surface area contributed by atoms with Crippen LogP contribution in [-0.4, -0.2) is 25.7 Å². The molecule has 1 rings (SSSR count). The molecule has 0 radical (unpaired) electrons. The molecule has 0 spiro atoms. The van der Waals surface area contributed by atoms with Gasteiger partial charge in [0.25, 0.3) is 5.91 Å². The van der Waals surface area contributed by atoms with Crippen molar-refractivity contribution in [3.8, 4) is 0 Å². The average molecular weight is 207 g/mol. The lowest BCUT2D eigenvalue weighted by molar-refractivity contribution is 0.0915. The van der Waals surface area contributed by atoms with Gasteiger partial charge in [-0.3, -0.25) is 4.79 Å². The van der Waals surface area contributed by atoms with E-state index in [9.17, 15) is 4.79 Å². The summed E-state index contributed by atoms with van der Waals surface area (Å²) < 4.78 is 5.25. The van der Waals surface area contributed by atoms with E-state index in [2.05, 4.69) is 12.2 Å². The van der Waals surface area contributed by atoms with Crippen LogP contribution in [0.25, 0.3) is 0 Å². The Kier molecular flexibility index (Phi) is 5.48. The Balaban J connectivity index is 2.20. The van der Waals surface area contributed by atoms with Gasteiger partial charge in [0.2, 0.25) is 0 Å². The summed E-state index contributed by atoms with van der Waals surface area (Å²) in [6, 6.07) is 9.18. The number of carbonyl (C=O) groups is 1. The minimum absolute atomic E-state index is 0.0456. The van der Waals surface area contributed by atoms with Crippen molar-refractivity contribution >= 4 is 5.91 Å². The van der Waals surface area contributed by atoms with Crippen molar-refractivity contribution in [3.63, 3.8) is 0 Å². The number of nitrogens with one attached hydrogen (secondary N) is 1. The summed E-state index contributed by atoms with van der Waals surface area (Å²) in [6.07, 6.45) is 1.01. The summed E-state index contributed by atoms with van der Waals surface area (Å²) in [6.45, 7) is 3.95. The van der Waals surface area contributed by atoms with Crippen LogP contribution in [0.2, 0.25) is 0 Å². The van der Waals surface area contributed by atoms with Crippen molar-refractivity contribution in [1.82, 2.24) is 5.32 Å². The van der Waals surface area contributed by atoms with E-state index in [1.807, 2.05) is 18.2 Å². The number of hydrogen-bond donors (Lipinski definition) is 1. The normalized spacial score (nSPS) is 9.93. The second-order valence-electron chi connectivity index (χ2n) is 3.23. The SMILES string of the molecule is CCCOCCNC(=O)c1ccccc1. The third-order valence-corrected chi connectivity index (χ3v) is 1.92. The second-order valence-corrected chi connectivity index (χ2v) is 3.23. The number of rotatable bonds is 6.